The van der Waals surface area contributed by atoms with Crippen molar-refractivity contribution >= 4 is 23.4 Å². The Kier molecular flexibility index (Phi) is 4.91. The van der Waals surface area contributed by atoms with Crippen LogP contribution in [-0.2, 0) is 0 Å². The second-order valence-corrected chi connectivity index (χ2v) is 6.67. The molecule has 4 heteroatoms. The fraction of sp³-hybridized carbons (Fsp3) is 0.316. The number of hydrogen-bond donors (Lipinski definition) is 0. The Bertz CT molecular complexity index is 676. The van der Waals surface area contributed by atoms with Gasteiger partial charge < -0.3 is 9.80 Å². The molecule has 0 saturated carbocycles. The van der Waals surface area contributed by atoms with Crippen molar-refractivity contribution in [2.24, 2.45) is 0 Å². The molecular formula is C19H22N2OS. The van der Waals surface area contributed by atoms with E-state index in [-0.39, 0.29) is 5.91 Å². The molecule has 0 aromatic heterocycles. The molecule has 120 valence electrons. The number of carbonyl (C=O) groups excluding carboxylic acids is 1. The van der Waals surface area contributed by atoms with Crippen LogP contribution in [-0.4, -0.2) is 43.2 Å². The predicted molar refractivity (Wildman–Crippen MR) is 97.5 cm³/mol. The van der Waals surface area contributed by atoms with E-state index in [1.807, 2.05) is 35.4 Å². The minimum absolute atomic E-state index is 0.141. The largest absolute Gasteiger partial charge is 0.368 e. The van der Waals surface area contributed by atoms with E-state index < -0.39 is 0 Å². The highest BCUT2D eigenvalue weighted by Gasteiger charge is 2.22. The summed E-state index contributed by atoms with van der Waals surface area (Å²) in [6.45, 7) is 5.47. The second-order valence-electron chi connectivity index (χ2n) is 5.79. The fourth-order valence-corrected chi connectivity index (χ4v) is 3.39. The number of amides is 1. The number of thioether (sulfide) groups is 1. The van der Waals surface area contributed by atoms with E-state index in [1.54, 1.807) is 11.8 Å². The maximum Gasteiger partial charge on any atom is 0.253 e. The third-order valence-electron chi connectivity index (χ3n) is 4.36. The van der Waals surface area contributed by atoms with Gasteiger partial charge in [-0.25, -0.2) is 0 Å². The third-order valence-corrected chi connectivity index (χ3v) is 5.10. The lowest BCUT2D eigenvalue weighted by molar-refractivity contribution is 0.0746. The molecule has 3 rings (SSSR count). The van der Waals surface area contributed by atoms with Crippen molar-refractivity contribution in [2.45, 2.75) is 11.8 Å². The number of piperazine rings is 1. The van der Waals surface area contributed by atoms with Gasteiger partial charge >= 0.3 is 0 Å². The Morgan fingerprint density at radius 2 is 1.61 bits per heavy atom. The van der Waals surface area contributed by atoms with Crippen LogP contribution in [0.3, 0.4) is 0 Å². The molecular weight excluding hydrogens is 304 g/mol. The van der Waals surface area contributed by atoms with Gasteiger partial charge in [-0.3, -0.25) is 4.79 Å². The van der Waals surface area contributed by atoms with Gasteiger partial charge in [0.15, 0.2) is 0 Å². The van der Waals surface area contributed by atoms with Crippen LogP contribution in [0, 0.1) is 6.92 Å². The lowest BCUT2D eigenvalue weighted by Gasteiger charge is -2.36. The van der Waals surface area contributed by atoms with Crippen LogP contribution in [0.25, 0.3) is 0 Å². The van der Waals surface area contributed by atoms with E-state index in [9.17, 15) is 4.79 Å². The van der Waals surface area contributed by atoms with E-state index >= 15 is 0 Å². The average Bonchev–Trinajstić information content (AvgIpc) is 2.62. The SMILES string of the molecule is CSc1ccc(C(=O)N2CCN(c3ccccc3C)CC2)cc1. The van der Waals surface area contributed by atoms with Crippen molar-refractivity contribution in [3.63, 3.8) is 0 Å². The van der Waals surface area contributed by atoms with Crippen LogP contribution in [0.15, 0.2) is 53.4 Å². The van der Waals surface area contributed by atoms with E-state index in [2.05, 4.69) is 36.1 Å². The zero-order chi connectivity index (χ0) is 16.2. The van der Waals surface area contributed by atoms with Crippen LogP contribution in [0.5, 0.6) is 0 Å². The minimum atomic E-state index is 0.141. The van der Waals surface area contributed by atoms with Crippen LogP contribution in [0.4, 0.5) is 5.69 Å². The first-order valence-electron chi connectivity index (χ1n) is 7.93. The number of benzene rings is 2. The summed E-state index contributed by atoms with van der Waals surface area (Å²) in [5.41, 5.74) is 3.36. The van der Waals surface area contributed by atoms with Gasteiger partial charge in [-0.15, -0.1) is 11.8 Å². The Labute approximate surface area is 142 Å². The molecule has 1 aliphatic heterocycles. The van der Waals surface area contributed by atoms with Crippen LogP contribution < -0.4 is 4.90 Å². The molecule has 1 aliphatic rings. The minimum Gasteiger partial charge on any atom is -0.368 e. The summed E-state index contributed by atoms with van der Waals surface area (Å²) in [4.78, 5) is 18.1. The normalized spacial score (nSPS) is 14.9. The van der Waals surface area contributed by atoms with Crippen LogP contribution >= 0.6 is 11.8 Å². The van der Waals surface area contributed by atoms with E-state index in [0.29, 0.717) is 0 Å². The number of para-hydroxylation sites is 1. The molecule has 1 fully saturated rings. The molecule has 0 radical (unpaired) electrons. The zero-order valence-electron chi connectivity index (χ0n) is 13.7. The van der Waals surface area contributed by atoms with E-state index in [1.165, 1.54) is 16.1 Å². The molecule has 23 heavy (non-hydrogen) atoms. The summed E-state index contributed by atoms with van der Waals surface area (Å²) in [7, 11) is 0. The number of aryl methyl sites for hydroxylation is 1. The maximum absolute atomic E-state index is 12.6. The van der Waals surface area contributed by atoms with Crippen molar-refractivity contribution in [3.05, 3.63) is 59.7 Å². The van der Waals surface area contributed by atoms with Crippen LogP contribution in [0.2, 0.25) is 0 Å². The highest BCUT2D eigenvalue weighted by Crippen LogP contribution is 2.22. The third kappa shape index (κ3) is 3.53. The molecule has 2 aromatic carbocycles. The predicted octanol–water partition coefficient (Wildman–Crippen LogP) is 3.68. The monoisotopic (exact) mass is 326 g/mol. The number of carbonyl (C=O) groups is 1. The van der Waals surface area contributed by atoms with Gasteiger partial charge in [0.05, 0.1) is 0 Å². The topological polar surface area (TPSA) is 23.6 Å². The first-order valence-corrected chi connectivity index (χ1v) is 9.15. The van der Waals surface area contributed by atoms with Gasteiger partial charge in [0.1, 0.15) is 0 Å². The molecule has 1 amide bonds. The number of rotatable bonds is 3. The molecule has 0 bridgehead atoms. The molecule has 1 saturated heterocycles. The number of hydrogen-bond acceptors (Lipinski definition) is 3. The Balaban J connectivity index is 1.64. The second kappa shape index (κ2) is 7.09. The van der Waals surface area contributed by atoms with Gasteiger partial charge in [-0.1, -0.05) is 18.2 Å². The van der Waals surface area contributed by atoms with Gasteiger partial charge in [0.25, 0.3) is 5.91 Å². The quantitative estimate of drug-likeness (QED) is 0.804. The molecule has 0 spiro atoms. The van der Waals surface area contributed by atoms with Gasteiger partial charge in [-0.05, 0) is 49.1 Å². The molecule has 0 unspecified atom stereocenters. The number of anilines is 1. The lowest BCUT2D eigenvalue weighted by atomic mass is 10.1. The van der Waals surface area contributed by atoms with Gasteiger partial charge in [-0.2, -0.15) is 0 Å². The Hall–Kier alpha value is -1.94. The van der Waals surface area contributed by atoms with E-state index in [0.717, 1.165) is 31.7 Å². The van der Waals surface area contributed by atoms with Crippen molar-refractivity contribution in [1.82, 2.24) is 4.90 Å². The summed E-state index contributed by atoms with van der Waals surface area (Å²) < 4.78 is 0. The first kappa shape index (κ1) is 15.9. The molecule has 1 heterocycles. The summed E-state index contributed by atoms with van der Waals surface area (Å²) in [6.07, 6.45) is 2.04. The van der Waals surface area contributed by atoms with Gasteiger partial charge in [0.2, 0.25) is 0 Å². The van der Waals surface area contributed by atoms with Crippen molar-refractivity contribution in [2.75, 3.05) is 37.3 Å². The lowest BCUT2D eigenvalue weighted by Crippen LogP contribution is -2.49. The highest BCUT2D eigenvalue weighted by atomic mass is 32.2. The average molecular weight is 326 g/mol. The number of nitrogens with zero attached hydrogens (tertiary/aromatic N) is 2. The molecule has 0 aliphatic carbocycles. The maximum atomic E-state index is 12.6. The fourth-order valence-electron chi connectivity index (χ4n) is 2.98. The van der Waals surface area contributed by atoms with E-state index in [4.69, 9.17) is 0 Å². The summed E-state index contributed by atoms with van der Waals surface area (Å²) >= 11 is 1.69. The zero-order valence-corrected chi connectivity index (χ0v) is 14.5. The molecule has 0 atom stereocenters. The summed E-state index contributed by atoms with van der Waals surface area (Å²) in [5.74, 6) is 0.141. The molecule has 0 N–H and O–H groups in total. The molecule has 2 aromatic rings. The smallest absolute Gasteiger partial charge is 0.253 e. The summed E-state index contributed by atoms with van der Waals surface area (Å²) in [5, 5.41) is 0. The van der Waals surface area contributed by atoms with Gasteiger partial charge in [0, 0.05) is 42.3 Å². The van der Waals surface area contributed by atoms with Crippen molar-refractivity contribution in [1.29, 1.82) is 0 Å². The van der Waals surface area contributed by atoms with Crippen molar-refractivity contribution in [3.8, 4) is 0 Å². The Morgan fingerprint density at radius 1 is 0.957 bits per heavy atom. The first-order chi connectivity index (χ1) is 11.2. The summed E-state index contributed by atoms with van der Waals surface area (Å²) in [6, 6.07) is 16.3. The Morgan fingerprint density at radius 3 is 2.22 bits per heavy atom. The standard InChI is InChI=1S/C19H22N2OS/c1-15-5-3-4-6-18(15)20-11-13-21(14-12-20)19(22)16-7-9-17(23-2)10-8-16/h3-10H,11-14H2,1-2H3. The highest BCUT2D eigenvalue weighted by molar-refractivity contribution is 7.98. The van der Waals surface area contributed by atoms with Crippen LogP contribution in [0.1, 0.15) is 15.9 Å². The molecule has 3 nitrogen and oxygen atoms in total. The van der Waals surface area contributed by atoms with Crippen molar-refractivity contribution < 1.29 is 4.79 Å².